The number of fused-ring (bicyclic) bond motifs is 1. The largest absolute Gasteiger partial charge is 0.344 e. The van der Waals surface area contributed by atoms with Crippen LogP contribution in [0.15, 0.2) is 0 Å². The molecule has 2 amide bonds. The summed E-state index contributed by atoms with van der Waals surface area (Å²) in [7, 11) is 0. The van der Waals surface area contributed by atoms with Gasteiger partial charge >= 0.3 is 0 Å². The van der Waals surface area contributed by atoms with Crippen LogP contribution in [0.2, 0.25) is 0 Å². The minimum atomic E-state index is -0.314. The third kappa shape index (κ3) is 3.53. The van der Waals surface area contributed by atoms with E-state index in [1.807, 2.05) is 4.90 Å². The number of carbonyl (C=O) groups excluding carboxylic acids is 2. The van der Waals surface area contributed by atoms with Gasteiger partial charge in [-0.3, -0.25) is 14.5 Å². The summed E-state index contributed by atoms with van der Waals surface area (Å²) in [5.74, 6) is 2.24. The molecule has 1 N–H and O–H groups in total. The van der Waals surface area contributed by atoms with Crippen LogP contribution >= 0.6 is 0 Å². The topological polar surface area (TPSA) is 83.4 Å². The number of nitrogens with one attached hydrogen (secondary N) is 1. The Labute approximate surface area is 147 Å². The second-order valence-electron chi connectivity index (χ2n) is 7.25. The molecule has 2 fully saturated rings. The van der Waals surface area contributed by atoms with E-state index in [0.717, 1.165) is 44.2 Å². The van der Waals surface area contributed by atoms with Crippen LogP contribution in [0, 0.1) is 0 Å². The Morgan fingerprint density at radius 2 is 1.88 bits per heavy atom. The first-order valence-corrected chi connectivity index (χ1v) is 9.42. The van der Waals surface area contributed by atoms with Crippen LogP contribution in [-0.4, -0.2) is 68.6 Å². The van der Waals surface area contributed by atoms with E-state index in [1.165, 1.54) is 19.3 Å². The highest BCUT2D eigenvalue weighted by Gasteiger charge is 2.32. The van der Waals surface area contributed by atoms with Crippen molar-refractivity contribution < 1.29 is 9.59 Å². The van der Waals surface area contributed by atoms with E-state index in [2.05, 4.69) is 25.0 Å². The molecular formula is C17H26N6O2. The number of aryl methyl sites for hydroxylation is 1. The molecule has 0 radical (unpaired) electrons. The quantitative estimate of drug-likeness (QED) is 0.828. The van der Waals surface area contributed by atoms with Crippen LogP contribution in [-0.2, 0) is 29.1 Å². The summed E-state index contributed by atoms with van der Waals surface area (Å²) >= 11 is 0. The number of rotatable bonds is 3. The van der Waals surface area contributed by atoms with Gasteiger partial charge < -0.3 is 14.8 Å². The Balaban J connectivity index is 1.31. The monoisotopic (exact) mass is 346 g/mol. The second-order valence-corrected chi connectivity index (χ2v) is 7.25. The van der Waals surface area contributed by atoms with Crippen LogP contribution in [0.1, 0.15) is 43.8 Å². The minimum Gasteiger partial charge on any atom is -0.344 e. The highest BCUT2D eigenvalue weighted by molar-refractivity contribution is 5.90. The number of hydrogen-bond donors (Lipinski definition) is 1. The van der Waals surface area contributed by atoms with E-state index in [-0.39, 0.29) is 17.9 Å². The van der Waals surface area contributed by atoms with Gasteiger partial charge in [0.1, 0.15) is 17.7 Å². The molecule has 25 heavy (non-hydrogen) atoms. The van der Waals surface area contributed by atoms with E-state index in [4.69, 9.17) is 0 Å². The molecule has 136 valence electrons. The SMILES string of the molecule is O=C1CC[C@H](C(=O)N2CCN(Cc3nnc4n3CCCCC4)CC2)N1. The fraction of sp³-hybridized carbons (Fsp3) is 0.765. The van der Waals surface area contributed by atoms with Gasteiger partial charge in [0.25, 0.3) is 0 Å². The van der Waals surface area contributed by atoms with Gasteiger partial charge in [-0.05, 0) is 19.3 Å². The number of nitrogens with zero attached hydrogens (tertiary/aromatic N) is 5. The average molecular weight is 346 g/mol. The Kier molecular flexibility index (Phi) is 4.70. The summed E-state index contributed by atoms with van der Waals surface area (Å²) in [6.07, 6.45) is 5.80. The molecule has 8 heteroatoms. The minimum absolute atomic E-state index is 0.00974. The molecule has 4 heterocycles. The van der Waals surface area contributed by atoms with Crippen LogP contribution in [0.5, 0.6) is 0 Å². The third-order valence-electron chi connectivity index (χ3n) is 5.53. The Morgan fingerprint density at radius 3 is 2.64 bits per heavy atom. The fourth-order valence-electron chi connectivity index (χ4n) is 4.01. The summed E-state index contributed by atoms with van der Waals surface area (Å²) in [6, 6.07) is -0.314. The average Bonchev–Trinajstić information content (AvgIpc) is 3.14. The molecule has 1 aromatic heterocycles. The highest BCUT2D eigenvalue weighted by atomic mass is 16.2. The lowest BCUT2D eigenvalue weighted by atomic mass is 10.2. The summed E-state index contributed by atoms with van der Waals surface area (Å²) < 4.78 is 2.29. The summed E-state index contributed by atoms with van der Waals surface area (Å²) in [5, 5.41) is 11.5. The first kappa shape index (κ1) is 16.5. The molecule has 0 aromatic carbocycles. The summed E-state index contributed by atoms with van der Waals surface area (Å²) in [5.41, 5.74) is 0. The van der Waals surface area contributed by atoms with Crippen molar-refractivity contribution >= 4 is 11.8 Å². The molecule has 2 saturated heterocycles. The summed E-state index contributed by atoms with van der Waals surface area (Å²) in [6.45, 7) is 4.94. The standard InChI is InChI=1S/C17H26N6O2/c24-16-6-5-13(18-16)17(25)22-10-8-21(9-11-22)12-15-20-19-14-4-2-1-3-7-23(14)15/h13H,1-12H2,(H,18,24)/t13-/m1/s1. The Bertz CT molecular complexity index is 650. The van der Waals surface area contributed by atoms with Crippen LogP contribution in [0.25, 0.3) is 0 Å². The molecule has 0 aliphatic carbocycles. The molecule has 1 atom stereocenters. The molecule has 8 nitrogen and oxygen atoms in total. The van der Waals surface area contributed by atoms with Crippen molar-refractivity contribution in [3.05, 3.63) is 11.6 Å². The molecule has 0 spiro atoms. The molecule has 0 unspecified atom stereocenters. The van der Waals surface area contributed by atoms with E-state index < -0.39 is 0 Å². The van der Waals surface area contributed by atoms with E-state index >= 15 is 0 Å². The Morgan fingerprint density at radius 1 is 1.04 bits per heavy atom. The lowest BCUT2D eigenvalue weighted by molar-refractivity contribution is -0.136. The van der Waals surface area contributed by atoms with E-state index in [0.29, 0.717) is 25.9 Å². The van der Waals surface area contributed by atoms with Crippen molar-refractivity contribution in [3.8, 4) is 0 Å². The van der Waals surface area contributed by atoms with Crippen LogP contribution in [0.3, 0.4) is 0 Å². The van der Waals surface area contributed by atoms with Gasteiger partial charge in [-0.1, -0.05) is 6.42 Å². The lowest BCUT2D eigenvalue weighted by Gasteiger charge is -2.35. The van der Waals surface area contributed by atoms with Crippen molar-refractivity contribution in [1.29, 1.82) is 0 Å². The number of amides is 2. The van der Waals surface area contributed by atoms with Crippen molar-refractivity contribution in [2.75, 3.05) is 26.2 Å². The number of hydrogen-bond acceptors (Lipinski definition) is 5. The van der Waals surface area contributed by atoms with Gasteiger partial charge in [-0.2, -0.15) is 0 Å². The van der Waals surface area contributed by atoms with Crippen molar-refractivity contribution in [2.45, 2.75) is 57.7 Å². The molecule has 0 saturated carbocycles. The zero-order valence-corrected chi connectivity index (χ0v) is 14.6. The predicted molar refractivity (Wildman–Crippen MR) is 90.6 cm³/mol. The predicted octanol–water partition coefficient (Wildman–Crippen LogP) is -0.0727. The van der Waals surface area contributed by atoms with Crippen LogP contribution in [0.4, 0.5) is 0 Å². The van der Waals surface area contributed by atoms with Crippen molar-refractivity contribution in [3.63, 3.8) is 0 Å². The van der Waals surface area contributed by atoms with Gasteiger partial charge in [0.05, 0.1) is 6.54 Å². The van der Waals surface area contributed by atoms with Gasteiger partial charge in [-0.15, -0.1) is 10.2 Å². The first-order chi connectivity index (χ1) is 12.2. The van der Waals surface area contributed by atoms with Gasteiger partial charge in [-0.25, -0.2) is 0 Å². The zero-order valence-electron chi connectivity index (χ0n) is 14.6. The maximum Gasteiger partial charge on any atom is 0.245 e. The fourth-order valence-corrected chi connectivity index (χ4v) is 4.01. The van der Waals surface area contributed by atoms with Crippen molar-refractivity contribution in [2.24, 2.45) is 0 Å². The van der Waals surface area contributed by atoms with Gasteiger partial charge in [0.15, 0.2) is 0 Å². The molecule has 0 bridgehead atoms. The highest BCUT2D eigenvalue weighted by Crippen LogP contribution is 2.17. The molecule has 4 rings (SSSR count). The first-order valence-electron chi connectivity index (χ1n) is 9.42. The number of carbonyl (C=O) groups is 2. The van der Waals surface area contributed by atoms with Crippen molar-refractivity contribution in [1.82, 2.24) is 29.9 Å². The lowest BCUT2D eigenvalue weighted by Crippen LogP contribution is -2.53. The second kappa shape index (κ2) is 7.11. The molecule has 3 aliphatic heterocycles. The smallest absolute Gasteiger partial charge is 0.245 e. The van der Waals surface area contributed by atoms with E-state index in [9.17, 15) is 9.59 Å². The maximum atomic E-state index is 12.5. The number of piperazine rings is 1. The maximum absolute atomic E-state index is 12.5. The Hall–Kier alpha value is -1.96. The zero-order chi connectivity index (χ0) is 17.2. The summed E-state index contributed by atoms with van der Waals surface area (Å²) in [4.78, 5) is 28.0. The molecule has 3 aliphatic rings. The van der Waals surface area contributed by atoms with Crippen LogP contribution < -0.4 is 5.32 Å². The molecule has 1 aromatic rings. The normalized spacial score (nSPS) is 24.7. The number of aromatic nitrogens is 3. The third-order valence-corrected chi connectivity index (χ3v) is 5.53. The van der Waals surface area contributed by atoms with E-state index in [1.54, 1.807) is 0 Å². The molecular weight excluding hydrogens is 320 g/mol. The van der Waals surface area contributed by atoms with Gasteiger partial charge in [0.2, 0.25) is 11.8 Å². The van der Waals surface area contributed by atoms with Gasteiger partial charge in [0, 0.05) is 45.6 Å².